The maximum atomic E-state index is 9.77. The number of aliphatic hydroxyl groups excluding tert-OH is 2. The van der Waals surface area contributed by atoms with Gasteiger partial charge in [0, 0.05) is 0 Å². The summed E-state index contributed by atoms with van der Waals surface area (Å²) >= 11 is 0. The average molecular weight is 235 g/mol. The summed E-state index contributed by atoms with van der Waals surface area (Å²) in [6.45, 7) is 1.97. The number of hydrogen-bond acceptors (Lipinski definition) is 3. The lowest BCUT2D eigenvalue weighted by atomic mass is 9.89. The van der Waals surface area contributed by atoms with Gasteiger partial charge in [-0.3, -0.25) is 0 Å². The molecule has 3 nitrogen and oxygen atoms in total. The summed E-state index contributed by atoms with van der Waals surface area (Å²) in [5.41, 5.74) is 2.04. The van der Waals surface area contributed by atoms with Gasteiger partial charge in [0.25, 0.3) is 0 Å². The Morgan fingerprint density at radius 3 is 2.88 bits per heavy atom. The second kappa shape index (κ2) is 6.15. The molecular weight excluding hydrogens is 214 g/mol. The van der Waals surface area contributed by atoms with Crippen LogP contribution in [0.25, 0.3) is 0 Å². The van der Waals surface area contributed by atoms with Crippen molar-refractivity contribution >= 4 is 0 Å². The lowest BCUT2D eigenvalue weighted by Gasteiger charge is -2.24. The Morgan fingerprint density at radius 1 is 1.35 bits per heavy atom. The lowest BCUT2D eigenvalue weighted by molar-refractivity contribution is 0.0946. The van der Waals surface area contributed by atoms with Crippen molar-refractivity contribution in [2.45, 2.75) is 25.4 Å². The highest BCUT2D eigenvalue weighted by molar-refractivity contribution is 5.29. The third-order valence-electron chi connectivity index (χ3n) is 3.49. The summed E-state index contributed by atoms with van der Waals surface area (Å²) < 4.78 is 0. The standard InChI is InChI=1S/C14H21NO2/c16-10-14(17)13-6-2-1-5-12(13)8-11-4-3-7-15-9-11/h1-2,5-6,11,14-17H,3-4,7-10H2. The second-order valence-corrected chi connectivity index (χ2v) is 4.81. The topological polar surface area (TPSA) is 52.5 Å². The van der Waals surface area contributed by atoms with E-state index in [-0.39, 0.29) is 6.61 Å². The molecule has 0 amide bonds. The van der Waals surface area contributed by atoms with Gasteiger partial charge in [0.05, 0.1) is 6.61 Å². The molecule has 1 saturated heterocycles. The minimum atomic E-state index is -0.747. The summed E-state index contributed by atoms with van der Waals surface area (Å²) in [7, 11) is 0. The van der Waals surface area contributed by atoms with Crippen LogP contribution < -0.4 is 5.32 Å². The van der Waals surface area contributed by atoms with Crippen LogP contribution in [0, 0.1) is 5.92 Å². The van der Waals surface area contributed by atoms with Gasteiger partial charge in [0.15, 0.2) is 0 Å². The smallest absolute Gasteiger partial charge is 0.102 e. The summed E-state index contributed by atoms with van der Waals surface area (Å²) in [5, 5.41) is 22.2. The van der Waals surface area contributed by atoms with Gasteiger partial charge in [0.2, 0.25) is 0 Å². The van der Waals surface area contributed by atoms with Crippen molar-refractivity contribution in [3.63, 3.8) is 0 Å². The third kappa shape index (κ3) is 3.28. The molecule has 94 valence electrons. The van der Waals surface area contributed by atoms with Gasteiger partial charge in [-0.1, -0.05) is 24.3 Å². The van der Waals surface area contributed by atoms with Crippen LogP contribution >= 0.6 is 0 Å². The molecule has 3 heteroatoms. The van der Waals surface area contributed by atoms with Crippen LogP contribution in [0.15, 0.2) is 24.3 Å². The highest BCUT2D eigenvalue weighted by Crippen LogP contribution is 2.23. The van der Waals surface area contributed by atoms with Gasteiger partial charge in [-0.05, 0) is 49.4 Å². The molecule has 2 rings (SSSR count). The minimum Gasteiger partial charge on any atom is -0.393 e. The van der Waals surface area contributed by atoms with Gasteiger partial charge in [-0.2, -0.15) is 0 Å². The first-order chi connectivity index (χ1) is 8.31. The quantitative estimate of drug-likeness (QED) is 0.736. The molecule has 2 atom stereocenters. The molecule has 1 aliphatic rings. The van der Waals surface area contributed by atoms with Crippen molar-refractivity contribution in [3.8, 4) is 0 Å². The molecule has 0 radical (unpaired) electrons. The predicted octanol–water partition coefficient (Wildman–Crippen LogP) is 1.25. The van der Waals surface area contributed by atoms with Gasteiger partial charge in [-0.15, -0.1) is 0 Å². The molecule has 1 heterocycles. The van der Waals surface area contributed by atoms with Gasteiger partial charge < -0.3 is 15.5 Å². The lowest BCUT2D eigenvalue weighted by Crippen LogP contribution is -2.31. The number of rotatable bonds is 4. The number of piperidine rings is 1. The largest absolute Gasteiger partial charge is 0.393 e. The maximum absolute atomic E-state index is 9.77. The Morgan fingerprint density at radius 2 is 2.18 bits per heavy atom. The zero-order valence-electron chi connectivity index (χ0n) is 10.1. The highest BCUT2D eigenvalue weighted by Gasteiger charge is 2.17. The molecule has 1 fully saturated rings. The fourth-order valence-corrected chi connectivity index (χ4v) is 2.55. The zero-order valence-corrected chi connectivity index (χ0v) is 10.1. The Labute approximate surface area is 102 Å². The van der Waals surface area contributed by atoms with Gasteiger partial charge in [0.1, 0.15) is 6.10 Å². The number of nitrogens with one attached hydrogen (secondary N) is 1. The van der Waals surface area contributed by atoms with Crippen LogP contribution in [-0.4, -0.2) is 29.9 Å². The summed E-state index contributed by atoms with van der Waals surface area (Å²) in [5.74, 6) is 0.649. The van der Waals surface area contributed by atoms with Crippen LogP contribution in [0.1, 0.15) is 30.1 Å². The molecule has 0 bridgehead atoms. The van der Waals surface area contributed by atoms with Crippen LogP contribution in [0.2, 0.25) is 0 Å². The fourth-order valence-electron chi connectivity index (χ4n) is 2.55. The van der Waals surface area contributed by atoms with Crippen LogP contribution in [0.5, 0.6) is 0 Å². The Balaban J connectivity index is 2.08. The second-order valence-electron chi connectivity index (χ2n) is 4.81. The van der Waals surface area contributed by atoms with E-state index in [2.05, 4.69) is 11.4 Å². The van der Waals surface area contributed by atoms with E-state index >= 15 is 0 Å². The molecule has 3 N–H and O–H groups in total. The first-order valence-electron chi connectivity index (χ1n) is 6.38. The van der Waals surface area contributed by atoms with Crippen LogP contribution in [-0.2, 0) is 6.42 Å². The molecule has 2 unspecified atom stereocenters. The molecule has 0 aliphatic carbocycles. The van der Waals surface area contributed by atoms with Crippen LogP contribution in [0.4, 0.5) is 0 Å². The molecule has 1 aromatic carbocycles. The van der Waals surface area contributed by atoms with E-state index < -0.39 is 6.10 Å². The predicted molar refractivity (Wildman–Crippen MR) is 67.8 cm³/mol. The Kier molecular flexibility index (Phi) is 4.54. The molecule has 1 aromatic rings. The first-order valence-corrected chi connectivity index (χ1v) is 6.38. The van der Waals surface area contributed by atoms with E-state index in [0.29, 0.717) is 5.92 Å². The van der Waals surface area contributed by atoms with Crippen molar-refractivity contribution in [2.24, 2.45) is 5.92 Å². The SMILES string of the molecule is OCC(O)c1ccccc1CC1CCCNC1. The van der Waals surface area contributed by atoms with E-state index in [1.165, 1.54) is 18.4 Å². The van der Waals surface area contributed by atoms with Crippen molar-refractivity contribution in [2.75, 3.05) is 19.7 Å². The monoisotopic (exact) mass is 235 g/mol. The van der Waals surface area contributed by atoms with Gasteiger partial charge >= 0.3 is 0 Å². The number of aliphatic hydroxyl groups is 2. The maximum Gasteiger partial charge on any atom is 0.102 e. The van der Waals surface area contributed by atoms with Crippen LogP contribution in [0.3, 0.4) is 0 Å². The summed E-state index contributed by atoms with van der Waals surface area (Å²) in [6, 6.07) is 7.88. The average Bonchev–Trinajstić information content (AvgIpc) is 2.40. The van der Waals surface area contributed by atoms with Crippen molar-refractivity contribution < 1.29 is 10.2 Å². The molecule has 0 aromatic heterocycles. The summed E-state index contributed by atoms with van der Waals surface area (Å²) in [4.78, 5) is 0. The van der Waals surface area contributed by atoms with E-state index in [0.717, 1.165) is 25.1 Å². The fraction of sp³-hybridized carbons (Fsp3) is 0.571. The van der Waals surface area contributed by atoms with E-state index in [1.54, 1.807) is 0 Å². The molecule has 17 heavy (non-hydrogen) atoms. The normalized spacial score (nSPS) is 22.4. The zero-order chi connectivity index (χ0) is 12.1. The first kappa shape index (κ1) is 12.6. The summed E-state index contributed by atoms with van der Waals surface area (Å²) in [6.07, 6.45) is 2.72. The van der Waals surface area contributed by atoms with E-state index in [9.17, 15) is 5.11 Å². The van der Waals surface area contributed by atoms with Gasteiger partial charge in [-0.25, -0.2) is 0 Å². The molecular formula is C14H21NO2. The van der Waals surface area contributed by atoms with Crippen molar-refractivity contribution in [3.05, 3.63) is 35.4 Å². The van der Waals surface area contributed by atoms with E-state index in [1.807, 2.05) is 18.2 Å². The minimum absolute atomic E-state index is 0.208. The number of hydrogen-bond donors (Lipinski definition) is 3. The van der Waals surface area contributed by atoms with Crippen molar-refractivity contribution in [1.82, 2.24) is 5.32 Å². The number of benzene rings is 1. The Hall–Kier alpha value is -0.900. The Bertz CT molecular complexity index is 348. The van der Waals surface area contributed by atoms with Crippen molar-refractivity contribution in [1.29, 1.82) is 0 Å². The van der Waals surface area contributed by atoms with E-state index in [4.69, 9.17) is 5.11 Å². The molecule has 0 saturated carbocycles. The third-order valence-corrected chi connectivity index (χ3v) is 3.49. The molecule has 1 aliphatic heterocycles. The highest BCUT2D eigenvalue weighted by atomic mass is 16.3. The molecule has 0 spiro atoms.